The number of nitrogens with zero attached hydrogens (tertiary/aromatic N) is 4. The monoisotopic (exact) mass is 752 g/mol. The number of hydrogen-bond acceptors (Lipinski definition) is 6. The highest BCUT2D eigenvalue weighted by molar-refractivity contribution is 7.15. The van der Waals surface area contributed by atoms with Crippen molar-refractivity contribution in [3.8, 4) is 21.1 Å². The molecule has 0 saturated heterocycles. The lowest BCUT2D eigenvalue weighted by atomic mass is 10.0. The lowest BCUT2D eigenvalue weighted by Crippen LogP contribution is -1.92. The topological polar surface area (TPSA) is 51.6 Å². The van der Waals surface area contributed by atoms with Gasteiger partial charge in [0.2, 0.25) is 0 Å². The molecule has 0 aliphatic heterocycles. The van der Waals surface area contributed by atoms with Gasteiger partial charge < -0.3 is 0 Å². The fourth-order valence-electron chi connectivity index (χ4n) is 5.27. The van der Waals surface area contributed by atoms with Crippen LogP contribution in [0.1, 0.15) is 114 Å². The van der Waals surface area contributed by atoms with Gasteiger partial charge in [-0.15, -0.1) is 20.4 Å². The molecule has 2 aromatic carbocycles. The summed E-state index contributed by atoms with van der Waals surface area (Å²) < 4.78 is 0. The maximum atomic E-state index is 6.98. The van der Waals surface area contributed by atoms with Crippen molar-refractivity contribution in [2.45, 2.75) is 117 Å². The molecule has 0 radical (unpaired) electrons. The second kappa shape index (κ2) is 18.2. The second-order valence-corrected chi connectivity index (χ2v) is 15.5. The molecule has 0 atom stereocenters. The summed E-state index contributed by atoms with van der Waals surface area (Å²) in [5.41, 5.74) is 0.952. The minimum atomic E-state index is 0.225. The molecule has 0 aliphatic rings. The van der Waals surface area contributed by atoms with Crippen molar-refractivity contribution in [3.63, 3.8) is 0 Å². The molecule has 0 aliphatic carbocycles. The normalized spacial score (nSPS) is 11.7. The minimum Gasteiger partial charge on any atom is -0.143 e. The van der Waals surface area contributed by atoms with Gasteiger partial charge in [0.15, 0.2) is 10.0 Å². The third-order valence-electron chi connectivity index (χ3n) is 7.74. The fraction of sp³-hybridized carbons (Fsp3) is 0.562. The Balaban J connectivity index is 1.55. The van der Waals surface area contributed by atoms with Crippen molar-refractivity contribution in [1.29, 1.82) is 0 Å². The zero-order valence-corrected chi connectivity index (χ0v) is 31.4. The van der Waals surface area contributed by atoms with E-state index in [0.717, 1.165) is 35.7 Å². The van der Waals surface area contributed by atoms with Gasteiger partial charge in [0, 0.05) is 23.6 Å². The van der Waals surface area contributed by atoms with Crippen LogP contribution in [-0.2, 0) is 12.8 Å². The molecule has 240 valence electrons. The van der Waals surface area contributed by atoms with Crippen LogP contribution in [0, 0.1) is 0 Å². The van der Waals surface area contributed by atoms with Crippen LogP contribution < -0.4 is 0 Å². The van der Waals surface area contributed by atoms with E-state index in [9.17, 15) is 0 Å². The fourth-order valence-corrected chi connectivity index (χ4v) is 9.43. The summed E-state index contributed by atoms with van der Waals surface area (Å²) in [6, 6.07) is 0. The van der Waals surface area contributed by atoms with Crippen molar-refractivity contribution in [2.75, 3.05) is 0 Å². The SMILES string of the molecule is CCCCCCCCCc1nnc(-c2c(Cl)c(Cl)c3c(Cl)c(-c4nnc(CCCCCCCCC)s4)c(Cl)c(Cl)c3c2Cl)s1. The van der Waals surface area contributed by atoms with Crippen molar-refractivity contribution in [3.05, 3.63) is 40.2 Å². The molecular weight excluding hydrogens is 717 g/mol. The summed E-state index contributed by atoms with van der Waals surface area (Å²) in [7, 11) is 0. The Labute approximate surface area is 299 Å². The first-order valence-corrected chi connectivity index (χ1v) is 19.5. The summed E-state index contributed by atoms with van der Waals surface area (Å²) >= 11 is 44.3. The first-order chi connectivity index (χ1) is 21.3. The highest BCUT2D eigenvalue weighted by Gasteiger charge is 2.29. The molecule has 2 aromatic heterocycles. The van der Waals surface area contributed by atoms with Crippen molar-refractivity contribution >= 4 is 103 Å². The lowest BCUT2D eigenvalue weighted by Gasteiger charge is -2.17. The molecule has 4 aromatic rings. The van der Waals surface area contributed by atoms with E-state index in [-0.39, 0.29) is 30.1 Å². The maximum absolute atomic E-state index is 6.98. The maximum Gasteiger partial charge on any atom is 0.150 e. The molecular formula is C32H38Cl6N4S2. The van der Waals surface area contributed by atoms with Gasteiger partial charge in [0.25, 0.3) is 0 Å². The molecule has 0 fully saturated rings. The molecule has 0 bridgehead atoms. The molecule has 0 unspecified atom stereocenters. The zero-order valence-electron chi connectivity index (χ0n) is 25.2. The molecule has 44 heavy (non-hydrogen) atoms. The van der Waals surface area contributed by atoms with Gasteiger partial charge in [-0.05, 0) is 12.8 Å². The number of unbranched alkanes of at least 4 members (excludes halogenated alkanes) is 12. The van der Waals surface area contributed by atoms with Crippen LogP contribution in [0.15, 0.2) is 0 Å². The number of aromatic nitrogens is 4. The van der Waals surface area contributed by atoms with Gasteiger partial charge in [-0.2, -0.15) is 0 Å². The average molecular weight is 756 g/mol. The summed E-state index contributed by atoms with van der Waals surface area (Å²) in [6.45, 7) is 4.46. The van der Waals surface area contributed by atoms with Crippen LogP contribution in [0.2, 0.25) is 30.1 Å². The van der Waals surface area contributed by atoms with E-state index in [0.29, 0.717) is 31.9 Å². The number of rotatable bonds is 18. The van der Waals surface area contributed by atoms with Crippen LogP contribution in [0.4, 0.5) is 0 Å². The standard InChI is InChI=1S/C32H38Cl6N4S2/c1-3-5-7-9-11-13-15-17-19-39-41-31(43-19)23-25(33)21-22(27(35)29(23)37)26(34)24(30(38)28(21)36)32-42-40-20(44-32)18-16-14-12-10-8-6-4-2/h3-18H2,1-2H3. The largest absolute Gasteiger partial charge is 0.150 e. The van der Waals surface area contributed by atoms with Crippen molar-refractivity contribution in [1.82, 2.24) is 20.4 Å². The number of aryl methyl sites for hydroxylation is 2. The molecule has 0 amide bonds. The van der Waals surface area contributed by atoms with E-state index in [2.05, 4.69) is 34.2 Å². The van der Waals surface area contributed by atoms with Crippen molar-refractivity contribution in [2.24, 2.45) is 0 Å². The molecule has 4 nitrogen and oxygen atoms in total. The van der Waals surface area contributed by atoms with Gasteiger partial charge in [-0.25, -0.2) is 0 Å². The Hall–Kier alpha value is -0.440. The van der Waals surface area contributed by atoms with E-state index >= 15 is 0 Å². The van der Waals surface area contributed by atoms with Gasteiger partial charge >= 0.3 is 0 Å². The molecule has 12 heteroatoms. The van der Waals surface area contributed by atoms with Gasteiger partial charge in [0.1, 0.15) is 10.0 Å². The number of benzene rings is 2. The van der Waals surface area contributed by atoms with Crippen LogP contribution in [0.25, 0.3) is 31.9 Å². The smallest absolute Gasteiger partial charge is 0.143 e. The number of halogens is 6. The second-order valence-electron chi connectivity index (χ2n) is 11.1. The van der Waals surface area contributed by atoms with E-state index in [1.807, 2.05) is 0 Å². The third-order valence-corrected chi connectivity index (χ3v) is 12.2. The lowest BCUT2D eigenvalue weighted by molar-refractivity contribution is 0.588. The molecule has 0 saturated carbocycles. The predicted octanol–water partition coefficient (Wildman–Crippen LogP) is 14.4. The van der Waals surface area contributed by atoms with Crippen LogP contribution in [0.3, 0.4) is 0 Å². The number of fused-ring (bicyclic) bond motifs is 1. The van der Waals surface area contributed by atoms with Gasteiger partial charge in [-0.1, -0.05) is 183 Å². The zero-order chi connectivity index (χ0) is 31.6. The summed E-state index contributed by atoms with van der Waals surface area (Å²) in [5, 5.41) is 23.0. The highest BCUT2D eigenvalue weighted by atomic mass is 35.5. The van der Waals surface area contributed by atoms with Crippen LogP contribution in [-0.4, -0.2) is 20.4 Å². The first kappa shape index (κ1) is 36.4. The third kappa shape index (κ3) is 8.92. The predicted molar refractivity (Wildman–Crippen MR) is 195 cm³/mol. The van der Waals surface area contributed by atoms with E-state index in [4.69, 9.17) is 69.6 Å². The van der Waals surface area contributed by atoms with E-state index < -0.39 is 0 Å². The van der Waals surface area contributed by atoms with Gasteiger partial charge in [-0.3, -0.25) is 0 Å². The quantitative estimate of drug-likeness (QED) is 0.0750. The van der Waals surface area contributed by atoms with E-state index in [1.54, 1.807) is 0 Å². The first-order valence-electron chi connectivity index (χ1n) is 15.6. The summed E-state index contributed by atoms with van der Waals surface area (Å²) in [6.07, 6.45) is 18.9. The minimum absolute atomic E-state index is 0.225. The Bertz CT molecular complexity index is 1420. The summed E-state index contributed by atoms with van der Waals surface area (Å²) in [5.74, 6) is 0. The van der Waals surface area contributed by atoms with E-state index in [1.165, 1.54) is 99.7 Å². The Morgan fingerprint density at radius 3 is 1.11 bits per heavy atom. The average Bonchev–Trinajstić information content (AvgIpc) is 3.67. The molecule has 0 spiro atoms. The highest BCUT2D eigenvalue weighted by Crippen LogP contribution is 2.54. The van der Waals surface area contributed by atoms with Gasteiger partial charge in [0.05, 0.1) is 41.3 Å². The number of hydrogen-bond donors (Lipinski definition) is 0. The van der Waals surface area contributed by atoms with Crippen LogP contribution >= 0.6 is 92.3 Å². The molecule has 0 N–H and O–H groups in total. The van der Waals surface area contributed by atoms with Crippen LogP contribution in [0.5, 0.6) is 0 Å². The van der Waals surface area contributed by atoms with Crippen molar-refractivity contribution < 1.29 is 0 Å². The Kier molecular flexibility index (Phi) is 15.1. The summed E-state index contributed by atoms with van der Waals surface area (Å²) in [4.78, 5) is 0. The molecule has 2 heterocycles. The molecule has 4 rings (SSSR count). The Morgan fingerprint density at radius 2 is 0.750 bits per heavy atom. The Morgan fingerprint density at radius 1 is 0.409 bits per heavy atom.